The average molecular weight is 508 g/mol. The van der Waals surface area contributed by atoms with Crippen LogP contribution in [0.3, 0.4) is 0 Å². The number of carbonyl (C=O) groups is 1. The van der Waals surface area contributed by atoms with Crippen LogP contribution in [0.2, 0.25) is 5.02 Å². The van der Waals surface area contributed by atoms with E-state index in [1.54, 1.807) is 37.5 Å². The van der Waals surface area contributed by atoms with Crippen LogP contribution in [0.15, 0.2) is 53.3 Å². The first-order chi connectivity index (χ1) is 16.1. The molecule has 0 radical (unpaired) electrons. The number of hydrogen-bond acceptors (Lipinski definition) is 7. The van der Waals surface area contributed by atoms with Crippen LogP contribution in [0.4, 0.5) is 10.1 Å². The van der Waals surface area contributed by atoms with Gasteiger partial charge in [-0.3, -0.25) is 0 Å². The molecule has 1 aliphatic heterocycles. The Balaban J connectivity index is 2.16. The maximum absolute atomic E-state index is 14.4. The predicted molar refractivity (Wildman–Crippen MR) is 135 cm³/mol. The molecule has 0 aliphatic carbocycles. The van der Waals surface area contributed by atoms with Crippen molar-refractivity contribution in [2.75, 3.05) is 31.2 Å². The lowest BCUT2D eigenvalue weighted by Crippen LogP contribution is -2.50. The maximum Gasteiger partial charge on any atom is 0.354 e. The van der Waals surface area contributed by atoms with E-state index >= 15 is 0 Å². The highest BCUT2D eigenvalue weighted by molar-refractivity contribution is 7.98. The van der Waals surface area contributed by atoms with Crippen molar-refractivity contribution < 1.29 is 23.8 Å². The lowest BCUT2D eigenvalue weighted by Gasteiger charge is -2.40. The minimum Gasteiger partial charge on any atom is -0.493 e. The fourth-order valence-electron chi connectivity index (χ4n) is 3.65. The number of hydrazine groups is 1. The number of benzene rings is 2. The molecule has 182 valence electrons. The topological polar surface area (TPSA) is 74.6 Å². The monoisotopic (exact) mass is 507 g/mol. The van der Waals surface area contributed by atoms with Gasteiger partial charge in [0.2, 0.25) is 0 Å². The van der Waals surface area contributed by atoms with Gasteiger partial charge in [-0.1, -0.05) is 11.6 Å². The van der Waals surface area contributed by atoms with Crippen LogP contribution in [0, 0.1) is 5.82 Å². The van der Waals surface area contributed by atoms with Gasteiger partial charge in [0.15, 0.2) is 11.5 Å². The molecule has 2 aromatic rings. The van der Waals surface area contributed by atoms with E-state index in [2.05, 4.69) is 0 Å². The van der Waals surface area contributed by atoms with Crippen LogP contribution < -0.4 is 14.5 Å². The Hall–Kier alpha value is -2.91. The molecule has 7 nitrogen and oxygen atoms in total. The summed E-state index contributed by atoms with van der Waals surface area (Å²) in [6.07, 6.45) is 3.96. The third kappa shape index (κ3) is 5.26. The Labute approximate surface area is 207 Å². The van der Waals surface area contributed by atoms with Crippen molar-refractivity contribution in [2.24, 2.45) is 5.10 Å². The van der Waals surface area contributed by atoms with Gasteiger partial charge in [0, 0.05) is 23.8 Å². The second-order valence-corrected chi connectivity index (χ2v) is 9.47. The van der Waals surface area contributed by atoms with Crippen LogP contribution in [-0.2, 0) is 4.79 Å². The Morgan fingerprint density at radius 3 is 2.56 bits per heavy atom. The van der Waals surface area contributed by atoms with Crippen molar-refractivity contribution in [1.29, 1.82) is 0 Å². The first-order valence-electron chi connectivity index (χ1n) is 10.4. The molecule has 34 heavy (non-hydrogen) atoms. The molecule has 1 N–H and O–H groups in total. The van der Waals surface area contributed by atoms with Crippen LogP contribution in [0.1, 0.15) is 25.8 Å². The van der Waals surface area contributed by atoms with Gasteiger partial charge in [0.05, 0.1) is 36.2 Å². The molecule has 0 aromatic heterocycles. The average Bonchev–Trinajstić information content (AvgIpc) is 3.12. The van der Waals surface area contributed by atoms with E-state index in [0.717, 1.165) is 11.3 Å². The highest BCUT2D eigenvalue weighted by Gasteiger charge is 2.41. The highest BCUT2D eigenvalue weighted by Crippen LogP contribution is 2.38. The summed E-state index contributed by atoms with van der Waals surface area (Å²) >= 11 is 7.36. The van der Waals surface area contributed by atoms with Gasteiger partial charge in [-0.2, -0.15) is 22.0 Å². The Kier molecular flexibility index (Phi) is 7.99. The Morgan fingerprint density at radius 1 is 1.26 bits per heavy atom. The van der Waals surface area contributed by atoms with Crippen LogP contribution in [-0.4, -0.2) is 53.7 Å². The minimum atomic E-state index is -1.16. The number of hydrogen-bond donors (Lipinski definition) is 1. The van der Waals surface area contributed by atoms with Crippen molar-refractivity contribution in [3.05, 3.63) is 64.6 Å². The number of hydrazone groups is 1. The SMILES string of the molecule is COc1ccc(C2=NN(N(C(=CCSC)C(=O)O)c3ccc(Cl)c(F)c3)C(C)(C)C2)cc1OC. The first-order valence-corrected chi connectivity index (χ1v) is 12.2. The maximum atomic E-state index is 14.4. The van der Waals surface area contributed by atoms with Crippen molar-refractivity contribution in [3.63, 3.8) is 0 Å². The quantitative estimate of drug-likeness (QED) is 0.453. The number of aliphatic carboxylic acids is 1. The van der Waals surface area contributed by atoms with E-state index in [1.807, 2.05) is 32.2 Å². The van der Waals surface area contributed by atoms with Crippen molar-refractivity contribution in [2.45, 2.75) is 25.8 Å². The number of rotatable bonds is 9. The Bertz CT molecular complexity index is 1140. The number of thioether (sulfide) groups is 1. The summed E-state index contributed by atoms with van der Waals surface area (Å²) in [4.78, 5) is 12.3. The molecule has 2 aromatic carbocycles. The standard InChI is InChI=1S/C24H27ClFN3O4S/c1-24(2)14-19(15-6-9-21(32-3)22(12-15)33-4)27-29(24)28(20(23(30)31)10-11-34-5)16-7-8-17(25)18(26)13-16/h6-10,12-13H,11,14H2,1-5H3,(H,30,31). The molecule has 3 rings (SSSR count). The van der Waals surface area contributed by atoms with Gasteiger partial charge >= 0.3 is 5.97 Å². The van der Waals surface area contributed by atoms with Gasteiger partial charge in [-0.05, 0) is 56.5 Å². The lowest BCUT2D eigenvalue weighted by molar-refractivity contribution is -0.133. The number of carboxylic acid groups (broad SMARTS) is 1. The first kappa shape index (κ1) is 25.7. The molecule has 0 bridgehead atoms. The van der Waals surface area contributed by atoms with E-state index < -0.39 is 17.3 Å². The van der Waals surface area contributed by atoms with Gasteiger partial charge in [0.25, 0.3) is 0 Å². The van der Waals surface area contributed by atoms with Gasteiger partial charge < -0.3 is 14.6 Å². The lowest BCUT2D eigenvalue weighted by atomic mass is 9.95. The molecule has 0 spiro atoms. The number of halogens is 2. The zero-order valence-corrected chi connectivity index (χ0v) is 21.2. The van der Waals surface area contributed by atoms with Crippen LogP contribution >= 0.6 is 23.4 Å². The molecule has 0 fully saturated rings. The minimum absolute atomic E-state index is 0.0403. The van der Waals surface area contributed by atoms with E-state index in [9.17, 15) is 14.3 Å². The van der Waals surface area contributed by atoms with Crippen molar-refractivity contribution >= 4 is 40.7 Å². The summed E-state index contributed by atoms with van der Waals surface area (Å²) in [5, 5.41) is 17.8. The largest absolute Gasteiger partial charge is 0.493 e. The van der Waals surface area contributed by atoms with E-state index in [-0.39, 0.29) is 10.7 Å². The molecule has 10 heteroatoms. The molecule has 1 aliphatic rings. The van der Waals surface area contributed by atoms with Gasteiger partial charge in [-0.25, -0.2) is 14.2 Å². The summed E-state index contributed by atoms with van der Waals surface area (Å²) in [7, 11) is 3.12. The van der Waals surface area contributed by atoms with Crippen molar-refractivity contribution in [1.82, 2.24) is 5.12 Å². The summed E-state index contributed by atoms with van der Waals surface area (Å²) in [6, 6.07) is 9.66. The summed E-state index contributed by atoms with van der Waals surface area (Å²) < 4.78 is 25.2. The molecule has 1 heterocycles. The number of carboxylic acids is 1. The van der Waals surface area contributed by atoms with Crippen LogP contribution in [0.5, 0.6) is 11.5 Å². The van der Waals surface area contributed by atoms with Crippen molar-refractivity contribution in [3.8, 4) is 11.5 Å². The van der Waals surface area contributed by atoms with E-state index in [0.29, 0.717) is 29.4 Å². The Morgan fingerprint density at radius 2 is 1.97 bits per heavy atom. The number of methoxy groups -OCH3 is 2. The number of anilines is 1. The molecule has 0 atom stereocenters. The third-order valence-electron chi connectivity index (χ3n) is 5.30. The number of ether oxygens (including phenoxy) is 2. The van der Waals surface area contributed by atoms with E-state index in [4.69, 9.17) is 26.2 Å². The molecule has 0 unspecified atom stereocenters. The summed E-state index contributed by atoms with van der Waals surface area (Å²) in [5.41, 5.74) is 1.15. The normalized spacial score (nSPS) is 15.2. The highest BCUT2D eigenvalue weighted by atomic mass is 35.5. The summed E-state index contributed by atoms with van der Waals surface area (Å²) in [6.45, 7) is 3.88. The molecule has 0 amide bonds. The fraction of sp³-hybridized carbons (Fsp3) is 0.333. The van der Waals surface area contributed by atoms with E-state index in [1.165, 1.54) is 28.9 Å². The summed E-state index contributed by atoms with van der Waals surface area (Å²) in [5.74, 6) is -0.210. The number of nitrogens with zero attached hydrogens (tertiary/aromatic N) is 3. The zero-order valence-electron chi connectivity index (χ0n) is 19.6. The molecular formula is C24H27ClFN3O4S. The second kappa shape index (κ2) is 10.6. The third-order valence-corrected chi connectivity index (χ3v) is 6.11. The predicted octanol–water partition coefficient (Wildman–Crippen LogP) is 5.44. The molecule has 0 saturated carbocycles. The van der Waals surface area contributed by atoms with Crippen LogP contribution in [0.25, 0.3) is 0 Å². The van der Waals surface area contributed by atoms with Gasteiger partial charge in [-0.15, -0.1) is 0 Å². The zero-order chi connectivity index (χ0) is 25.0. The smallest absolute Gasteiger partial charge is 0.354 e. The molecular weight excluding hydrogens is 481 g/mol. The second-order valence-electron chi connectivity index (χ2n) is 8.16. The fourth-order valence-corrected chi connectivity index (χ4v) is 4.09. The van der Waals surface area contributed by atoms with Gasteiger partial charge in [0.1, 0.15) is 11.5 Å². The molecule has 0 saturated heterocycles.